The first-order valence-electron chi connectivity index (χ1n) is 5.90. The highest BCUT2D eigenvalue weighted by atomic mass is 14.9. The van der Waals surface area contributed by atoms with E-state index in [1.807, 2.05) is 0 Å². The molecule has 0 radical (unpaired) electrons. The molecule has 0 aromatic rings. The first-order valence-corrected chi connectivity index (χ1v) is 5.90. The average molecular weight is 183 g/mol. The van der Waals surface area contributed by atoms with E-state index in [4.69, 9.17) is 0 Å². The zero-order valence-corrected chi connectivity index (χ0v) is 9.53. The van der Waals surface area contributed by atoms with Crippen molar-refractivity contribution in [2.24, 2.45) is 5.41 Å². The lowest BCUT2D eigenvalue weighted by molar-refractivity contribution is 0.185. The molecule has 0 aromatic heterocycles. The molecule has 0 amide bonds. The zero-order chi connectivity index (χ0) is 9.73. The van der Waals surface area contributed by atoms with Crippen LogP contribution in [0, 0.1) is 5.41 Å². The van der Waals surface area contributed by atoms with Crippen molar-refractivity contribution in [3.05, 3.63) is 0 Å². The predicted octanol–water partition coefficient (Wildman–Crippen LogP) is 3.34. The molecule has 1 heterocycles. The van der Waals surface area contributed by atoms with Crippen LogP contribution in [0.4, 0.5) is 0 Å². The van der Waals surface area contributed by atoms with Gasteiger partial charge in [-0.25, -0.2) is 0 Å². The van der Waals surface area contributed by atoms with Gasteiger partial charge in [-0.1, -0.05) is 40.0 Å². The topological polar surface area (TPSA) is 12.0 Å². The van der Waals surface area contributed by atoms with Crippen molar-refractivity contribution in [3.63, 3.8) is 0 Å². The lowest BCUT2D eigenvalue weighted by Crippen LogP contribution is -2.44. The van der Waals surface area contributed by atoms with Gasteiger partial charge in [-0.3, -0.25) is 0 Å². The maximum Gasteiger partial charge on any atom is 0.0118 e. The summed E-state index contributed by atoms with van der Waals surface area (Å²) in [5, 5.41) is 3.67. The predicted molar refractivity (Wildman–Crippen MR) is 58.9 cm³/mol. The highest BCUT2D eigenvalue weighted by Gasteiger charge is 2.29. The van der Waals surface area contributed by atoms with Gasteiger partial charge in [0.2, 0.25) is 0 Å². The molecule has 1 rings (SSSR count). The Morgan fingerprint density at radius 1 is 1.31 bits per heavy atom. The van der Waals surface area contributed by atoms with E-state index >= 15 is 0 Å². The Balaban J connectivity index is 2.36. The number of hydrogen-bond acceptors (Lipinski definition) is 1. The maximum absolute atomic E-state index is 3.67. The minimum Gasteiger partial charge on any atom is -0.313 e. The van der Waals surface area contributed by atoms with Gasteiger partial charge in [0.05, 0.1) is 0 Å². The summed E-state index contributed by atoms with van der Waals surface area (Å²) < 4.78 is 0. The van der Waals surface area contributed by atoms with Crippen LogP contribution in [-0.2, 0) is 0 Å². The van der Waals surface area contributed by atoms with E-state index in [1.54, 1.807) is 0 Å². The monoisotopic (exact) mass is 183 g/mol. The van der Waals surface area contributed by atoms with E-state index in [9.17, 15) is 0 Å². The standard InChI is InChI=1S/C12H25N/c1-4-5-9-12(2,3)11-8-6-7-10-13-11/h11,13H,4-10H2,1-3H3. The number of piperidine rings is 1. The Bertz CT molecular complexity index is 134. The van der Waals surface area contributed by atoms with Gasteiger partial charge in [-0.2, -0.15) is 0 Å². The van der Waals surface area contributed by atoms with Gasteiger partial charge in [0.25, 0.3) is 0 Å². The van der Waals surface area contributed by atoms with Crippen molar-refractivity contribution in [1.29, 1.82) is 0 Å². The molecule has 0 saturated carbocycles. The van der Waals surface area contributed by atoms with Crippen molar-refractivity contribution >= 4 is 0 Å². The van der Waals surface area contributed by atoms with Gasteiger partial charge in [-0.15, -0.1) is 0 Å². The van der Waals surface area contributed by atoms with E-state index in [0.717, 1.165) is 6.04 Å². The Kier molecular flexibility index (Phi) is 4.24. The summed E-state index contributed by atoms with van der Waals surface area (Å²) in [7, 11) is 0. The molecule has 1 heteroatoms. The number of rotatable bonds is 4. The van der Waals surface area contributed by atoms with Crippen LogP contribution >= 0.6 is 0 Å². The highest BCUT2D eigenvalue weighted by molar-refractivity contribution is 4.86. The lowest BCUT2D eigenvalue weighted by Gasteiger charge is -2.38. The van der Waals surface area contributed by atoms with Crippen LogP contribution in [0.1, 0.15) is 59.3 Å². The summed E-state index contributed by atoms with van der Waals surface area (Å²) in [6.07, 6.45) is 8.27. The average Bonchev–Trinajstić information content (AvgIpc) is 2.16. The summed E-state index contributed by atoms with van der Waals surface area (Å²) in [4.78, 5) is 0. The zero-order valence-electron chi connectivity index (χ0n) is 9.53. The van der Waals surface area contributed by atoms with Gasteiger partial charge in [0, 0.05) is 6.04 Å². The molecule has 1 aliphatic heterocycles. The van der Waals surface area contributed by atoms with Crippen molar-refractivity contribution in [1.82, 2.24) is 5.32 Å². The quantitative estimate of drug-likeness (QED) is 0.705. The number of nitrogens with one attached hydrogen (secondary N) is 1. The van der Waals surface area contributed by atoms with Crippen LogP contribution in [0.25, 0.3) is 0 Å². The molecule has 1 unspecified atom stereocenters. The van der Waals surface area contributed by atoms with Gasteiger partial charge in [-0.05, 0) is 31.2 Å². The van der Waals surface area contributed by atoms with Crippen LogP contribution in [0.5, 0.6) is 0 Å². The van der Waals surface area contributed by atoms with Gasteiger partial charge < -0.3 is 5.32 Å². The van der Waals surface area contributed by atoms with Crippen LogP contribution in [-0.4, -0.2) is 12.6 Å². The fourth-order valence-corrected chi connectivity index (χ4v) is 2.33. The van der Waals surface area contributed by atoms with Crippen LogP contribution < -0.4 is 5.32 Å². The molecule has 0 bridgehead atoms. The van der Waals surface area contributed by atoms with Crippen molar-refractivity contribution < 1.29 is 0 Å². The van der Waals surface area contributed by atoms with E-state index in [0.29, 0.717) is 5.41 Å². The summed E-state index contributed by atoms with van der Waals surface area (Å²) in [5.41, 5.74) is 0.510. The molecule has 1 atom stereocenters. The molecule has 13 heavy (non-hydrogen) atoms. The molecule has 0 aliphatic carbocycles. The molecule has 78 valence electrons. The summed E-state index contributed by atoms with van der Waals surface area (Å²) >= 11 is 0. The van der Waals surface area contributed by atoms with Crippen molar-refractivity contribution in [3.8, 4) is 0 Å². The van der Waals surface area contributed by atoms with E-state index < -0.39 is 0 Å². The summed E-state index contributed by atoms with van der Waals surface area (Å²) in [6, 6.07) is 0.771. The van der Waals surface area contributed by atoms with Crippen LogP contribution in [0.15, 0.2) is 0 Å². The van der Waals surface area contributed by atoms with Crippen LogP contribution in [0.3, 0.4) is 0 Å². The summed E-state index contributed by atoms with van der Waals surface area (Å²) in [6.45, 7) is 8.36. The first-order chi connectivity index (χ1) is 6.17. The molecule has 1 fully saturated rings. The third-order valence-corrected chi connectivity index (χ3v) is 3.43. The lowest BCUT2D eigenvalue weighted by atomic mass is 9.76. The van der Waals surface area contributed by atoms with Gasteiger partial charge >= 0.3 is 0 Å². The van der Waals surface area contributed by atoms with Gasteiger partial charge in [0.15, 0.2) is 0 Å². The molecular formula is C12H25N. The van der Waals surface area contributed by atoms with Crippen molar-refractivity contribution in [2.75, 3.05) is 6.54 Å². The smallest absolute Gasteiger partial charge is 0.0118 e. The van der Waals surface area contributed by atoms with Gasteiger partial charge in [0.1, 0.15) is 0 Å². The number of hydrogen-bond donors (Lipinski definition) is 1. The number of unbranched alkanes of at least 4 members (excludes halogenated alkanes) is 1. The molecule has 1 aliphatic rings. The molecule has 1 nitrogen and oxygen atoms in total. The molecule has 1 saturated heterocycles. The highest BCUT2D eigenvalue weighted by Crippen LogP contribution is 2.31. The van der Waals surface area contributed by atoms with E-state index in [1.165, 1.54) is 45.1 Å². The first kappa shape index (κ1) is 11.0. The fraction of sp³-hybridized carbons (Fsp3) is 1.00. The molecule has 1 N–H and O–H groups in total. The third kappa shape index (κ3) is 3.30. The van der Waals surface area contributed by atoms with E-state index in [-0.39, 0.29) is 0 Å². The maximum atomic E-state index is 3.67. The Labute approximate surface area is 83.3 Å². The second-order valence-corrected chi connectivity index (χ2v) is 5.09. The van der Waals surface area contributed by atoms with Crippen molar-refractivity contribution in [2.45, 2.75) is 65.3 Å². The minimum atomic E-state index is 0.510. The second-order valence-electron chi connectivity index (χ2n) is 5.09. The third-order valence-electron chi connectivity index (χ3n) is 3.43. The Hall–Kier alpha value is -0.0400. The Morgan fingerprint density at radius 2 is 2.08 bits per heavy atom. The SMILES string of the molecule is CCCCC(C)(C)C1CCCCN1. The minimum absolute atomic E-state index is 0.510. The largest absolute Gasteiger partial charge is 0.313 e. The molecule has 0 aromatic carbocycles. The van der Waals surface area contributed by atoms with E-state index in [2.05, 4.69) is 26.1 Å². The molecule has 0 spiro atoms. The normalized spacial score (nSPS) is 24.7. The molecular weight excluding hydrogens is 158 g/mol. The second kappa shape index (κ2) is 4.99. The van der Waals surface area contributed by atoms with Crippen LogP contribution in [0.2, 0.25) is 0 Å². The summed E-state index contributed by atoms with van der Waals surface area (Å²) in [5.74, 6) is 0. The fourth-order valence-electron chi connectivity index (χ4n) is 2.33. The Morgan fingerprint density at radius 3 is 2.62 bits per heavy atom.